The van der Waals surface area contributed by atoms with Crippen LogP contribution in [0.25, 0.3) is 0 Å². The van der Waals surface area contributed by atoms with Gasteiger partial charge in [0.1, 0.15) is 6.10 Å². The third-order valence-corrected chi connectivity index (χ3v) is 3.50. The average molecular weight is 254 g/mol. The molecule has 1 aliphatic rings. The predicted molar refractivity (Wildman–Crippen MR) is 68.2 cm³/mol. The fourth-order valence-corrected chi connectivity index (χ4v) is 2.31. The summed E-state index contributed by atoms with van der Waals surface area (Å²) in [6, 6.07) is 5.02. The average Bonchev–Trinajstić information content (AvgIpc) is 2.34. The topological polar surface area (TPSA) is 52.3 Å². The maximum Gasteiger partial charge on any atom is 0.340 e. The van der Waals surface area contributed by atoms with Crippen molar-refractivity contribution in [2.45, 2.75) is 38.2 Å². The Morgan fingerprint density at radius 3 is 2.71 bits per heavy atom. The van der Waals surface area contributed by atoms with Crippen LogP contribution in [-0.2, 0) is 4.74 Å². The number of benzene rings is 1. The number of carbonyl (C=O) groups is 1. The zero-order valence-electron chi connectivity index (χ0n) is 9.62. The molecule has 0 amide bonds. The zero-order chi connectivity index (χ0) is 12.3. The minimum Gasteiger partial charge on any atom is -0.459 e. The minimum atomic E-state index is -0.366. The molecule has 0 aliphatic heterocycles. The molecule has 0 unspecified atom stereocenters. The molecule has 0 spiro atoms. The normalized spacial score (nSPS) is 16.8. The van der Waals surface area contributed by atoms with Crippen LogP contribution in [0.15, 0.2) is 18.2 Å². The van der Waals surface area contributed by atoms with E-state index in [1.807, 2.05) is 0 Å². The molecule has 0 aromatic heterocycles. The van der Waals surface area contributed by atoms with Crippen molar-refractivity contribution in [3.63, 3.8) is 0 Å². The molecule has 4 heteroatoms. The number of carbonyl (C=O) groups excluding carboxylic acids is 1. The molecule has 1 aromatic carbocycles. The first kappa shape index (κ1) is 12.2. The predicted octanol–water partition coefficient (Wildman–Crippen LogP) is 3.41. The maximum atomic E-state index is 11.9. The highest BCUT2D eigenvalue weighted by Gasteiger charge is 2.20. The first-order chi connectivity index (χ1) is 8.18. The Hall–Kier alpha value is -1.22. The Morgan fingerprint density at radius 1 is 1.29 bits per heavy atom. The minimum absolute atomic E-state index is 0.0359. The number of esters is 1. The number of nitrogen functional groups attached to an aromatic ring is 1. The molecule has 92 valence electrons. The van der Waals surface area contributed by atoms with Crippen LogP contribution in [0.2, 0.25) is 5.02 Å². The van der Waals surface area contributed by atoms with E-state index in [9.17, 15) is 4.79 Å². The lowest BCUT2D eigenvalue weighted by molar-refractivity contribution is 0.0211. The lowest BCUT2D eigenvalue weighted by atomic mass is 9.98. The Morgan fingerprint density at radius 2 is 2.00 bits per heavy atom. The zero-order valence-corrected chi connectivity index (χ0v) is 10.4. The number of hydrogen-bond donors (Lipinski definition) is 1. The lowest BCUT2D eigenvalue weighted by Crippen LogP contribution is -2.21. The van der Waals surface area contributed by atoms with Crippen molar-refractivity contribution in [2.75, 3.05) is 5.73 Å². The van der Waals surface area contributed by atoms with E-state index in [1.54, 1.807) is 18.2 Å². The molecule has 1 aromatic rings. The molecular weight excluding hydrogens is 238 g/mol. The maximum absolute atomic E-state index is 11.9. The number of hydrogen-bond acceptors (Lipinski definition) is 3. The highest BCUT2D eigenvalue weighted by Crippen LogP contribution is 2.26. The van der Waals surface area contributed by atoms with Crippen LogP contribution in [0, 0.1) is 0 Å². The summed E-state index contributed by atoms with van der Waals surface area (Å²) in [4.78, 5) is 11.9. The number of halogens is 1. The largest absolute Gasteiger partial charge is 0.459 e. The van der Waals surface area contributed by atoms with Gasteiger partial charge in [-0.25, -0.2) is 4.79 Å². The number of ether oxygens (including phenoxy) is 1. The highest BCUT2D eigenvalue weighted by atomic mass is 35.5. The molecule has 0 saturated heterocycles. The molecule has 1 aliphatic carbocycles. The highest BCUT2D eigenvalue weighted by molar-refractivity contribution is 6.36. The Kier molecular flexibility index (Phi) is 3.89. The Labute approximate surface area is 106 Å². The van der Waals surface area contributed by atoms with Gasteiger partial charge in [0.2, 0.25) is 0 Å². The smallest absolute Gasteiger partial charge is 0.340 e. The Balaban J connectivity index is 2.06. The fourth-order valence-electron chi connectivity index (χ4n) is 2.11. The standard InChI is InChI=1S/C13H16ClNO2/c14-12-10(7-4-8-11(12)15)13(16)17-9-5-2-1-3-6-9/h4,7-9H,1-3,5-6,15H2. The third-order valence-electron chi connectivity index (χ3n) is 3.07. The second-order valence-corrected chi connectivity index (χ2v) is 4.75. The van der Waals surface area contributed by atoms with Crippen molar-refractivity contribution in [3.05, 3.63) is 28.8 Å². The van der Waals surface area contributed by atoms with E-state index in [1.165, 1.54) is 6.42 Å². The van der Waals surface area contributed by atoms with Gasteiger partial charge in [0, 0.05) is 0 Å². The third kappa shape index (κ3) is 2.91. The molecule has 0 radical (unpaired) electrons. The van der Waals surface area contributed by atoms with Gasteiger partial charge in [0.15, 0.2) is 0 Å². The van der Waals surface area contributed by atoms with Crippen LogP contribution in [0.3, 0.4) is 0 Å². The van der Waals surface area contributed by atoms with Gasteiger partial charge in [0.25, 0.3) is 0 Å². The summed E-state index contributed by atoms with van der Waals surface area (Å²) >= 11 is 5.98. The van der Waals surface area contributed by atoms with E-state index in [-0.39, 0.29) is 17.1 Å². The van der Waals surface area contributed by atoms with Gasteiger partial charge in [-0.15, -0.1) is 0 Å². The van der Waals surface area contributed by atoms with Crippen LogP contribution in [0.1, 0.15) is 42.5 Å². The molecule has 1 saturated carbocycles. The molecule has 1 fully saturated rings. The molecule has 3 nitrogen and oxygen atoms in total. The van der Waals surface area contributed by atoms with Crippen LogP contribution >= 0.6 is 11.6 Å². The molecular formula is C13H16ClNO2. The SMILES string of the molecule is Nc1cccc(C(=O)OC2CCCCC2)c1Cl. The van der Waals surface area contributed by atoms with Gasteiger partial charge in [0.05, 0.1) is 16.3 Å². The summed E-state index contributed by atoms with van der Waals surface area (Å²) in [7, 11) is 0. The van der Waals surface area contributed by atoms with Gasteiger partial charge in [-0.1, -0.05) is 24.1 Å². The monoisotopic (exact) mass is 253 g/mol. The summed E-state index contributed by atoms with van der Waals surface area (Å²) in [6.07, 6.45) is 5.42. The second-order valence-electron chi connectivity index (χ2n) is 4.37. The molecule has 2 rings (SSSR count). The van der Waals surface area contributed by atoms with E-state index < -0.39 is 0 Å². The van der Waals surface area contributed by atoms with Gasteiger partial charge >= 0.3 is 5.97 Å². The van der Waals surface area contributed by atoms with Crippen LogP contribution < -0.4 is 5.73 Å². The van der Waals surface area contributed by atoms with E-state index in [0.717, 1.165) is 25.7 Å². The van der Waals surface area contributed by atoms with Crippen LogP contribution in [0.5, 0.6) is 0 Å². The van der Waals surface area contributed by atoms with Crippen molar-refractivity contribution >= 4 is 23.3 Å². The molecule has 0 atom stereocenters. The van der Waals surface area contributed by atoms with Crippen molar-refractivity contribution in [1.82, 2.24) is 0 Å². The summed E-state index contributed by atoms with van der Waals surface area (Å²) in [5.41, 5.74) is 6.42. The number of rotatable bonds is 2. The first-order valence-electron chi connectivity index (χ1n) is 5.93. The molecule has 2 N–H and O–H groups in total. The summed E-state index contributed by atoms with van der Waals surface area (Å²) < 4.78 is 5.43. The van der Waals surface area contributed by atoms with Gasteiger partial charge in [-0.3, -0.25) is 0 Å². The summed E-state index contributed by atoms with van der Waals surface area (Å²) in [6.45, 7) is 0. The second kappa shape index (κ2) is 5.41. The van der Waals surface area contributed by atoms with Gasteiger partial charge < -0.3 is 10.5 Å². The fraction of sp³-hybridized carbons (Fsp3) is 0.462. The lowest BCUT2D eigenvalue weighted by Gasteiger charge is -2.22. The summed E-state index contributed by atoms with van der Waals surface area (Å²) in [5, 5.41) is 0.285. The van der Waals surface area contributed by atoms with Crippen molar-refractivity contribution in [1.29, 1.82) is 0 Å². The van der Waals surface area contributed by atoms with Crippen molar-refractivity contribution in [2.24, 2.45) is 0 Å². The first-order valence-corrected chi connectivity index (χ1v) is 6.31. The number of nitrogens with two attached hydrogens (primary N) is 1. The summed E-state index contributed by atoms with van der Waals surface area (Å²) in [5.74, 6) is -0.366. The van der Waals surface area contributed by atoms with E-state index in [2.05, 4.69) is 0 Å². The van der Waals surface area contributed by atoms with Crippen LogP contribution in [0.4, 0.5) is 5.69 Å². The molecule has 0 heterocycles. The van der Waals surface area contributed by atoms with Gasteiger partial charge in [-0.2, -0.15) is 0 Å². The number of anilines is 1. The van der Waals surface area contributed by atoms with E-state index in [0.29, 0.717) is 11.3 Å². The van der Waals surface area contributed by atoms with Gasteiger partial charge in [-0.05, 0) is 37.8 Å². The molecule has 0 bridgehead atoms. The van der Waals surface area contributed by atoms with Crippen molar-refractivity contribution < 1.29 is 9.53 Å². The van der Waals surface area contributed by atoms with Crippen LogP contribution in [-0.4, -0.2) is 12.1 Å². The van der Waals surface area contributed by atoms with E-state index >= 15 is 0 Å². The van der Waals surface area contributed by atoms with Crippen molar-refractivity contribution in [3.8, 4) is 0 Å². The van der Waals surface area contributed by atoms with E-state index in [4.69, 9.17) is 22.1 Å². The molecule has 17 heavy (non-hydrogen) atoms. The quantitative estimate of drug-likeness (QED) is 0.649. The Bertz CT molecular complexity index is 414.